The van der Waals surface area contributed by atoms with E-state index < -0.39 is 284 Å². The van der Waals surface area contributed by atoms with Gasteiger partial charge in [0.1, 0.15) is 120 Å². The minimum atomic E-state index is -2.43. The van der Waals surface area contributed by atoms with E-state index in [-0.39, 0.29) is 43.0 Å². The van der Waals surface area contributed by atoms with Gasteiger partial charge >= 0.3 is 5.97 Å². The number of hydrogen-bond acceptors (Lipinski definition) is 31. The number of ether oxygens (including phenoxy) is 8. The van der Waals surface area contributed by atoms with Crippen LogP contribution in [0.2, 0.25) is 15.1 Å². The van der Waals surface area contributed by atoms with Gasteiger partial charge in [-0.1, -0.05) is 85.0 Å². The molecule has 8 aliphatic rings. The molecule has 8 aliphatic heterocycles. The lowest BCUT2D eigenvalue weighted by atomic mass is 9.86. The molecule has 1 aromatic heterocycles. The lowest BCUT2D eigenvalue weighted by Crippen LogP contribution is -2.65. The molecule has 39 nitrogen and oxygen atoms in total. The highest BCUT2D eigenvalue weighted by atomic mass is 35.5. The number of nitrogens with zero attached hydrogens (tertiary/aromatic N) is 1. The topological polar surface area (TPSA) is 614 Å². The van der Waals surface area contributed by atoms with Crippen molar-refractivity contribution >= 4 is 82.1 Å². The fourth-order valence-corrected chi connectivity index (χ4v) is 16.3. The second kappa shape index (κ2) is 38.8. The molecule has 42 heteroatoms. The number of halogens is 3. The quantitative estimate of drug-likeness (QED) is 0.0513. The Morgan fingerprint density at radius 2 is 1.29 bits per heavy atom. The molecule has 9 heterocycles. The Kier molecular flexibility index (Phi) is 28.6. The van der Waals surface area contributed by atoms with Crippen molar-refractivity contribution in [3.8, 4) is 68.4 Å². The summed E-state index contributed by atoms with van der Waals surface area (Å²) in [5.74, 6) is -16.7. The summed E-state index contributed by atoms with van der Waals surface area (Å²) in [6.45, 7) is 5.36. The lowest BCUT2D eigenvalue weighted by molar-refractivity contribution is -0.350. The number of nitrogens with one attached hydrogen (secondary N) is 8. The Morgan fingerprint density at radius 1 is 0.659 bits per heavy atom. The number of primary amides is 1. The first-order valence-electron chi connectivity index (χ1n) is 39.8. The molecule has 11 bridgehead atoms. The molecule has 15 rings (SSSR count). The number of aliphatic hydroxyl groups is 8. The monoisotopic (exact) mass is 1810 g/mol. The van der Waals surface area contributed by atoms with Gasteiger partial charge in [-0.25, -0.2) is 4.79 Å². The van der Waals surface area contributed by atoms with E-state index in [1.807, 2.05) is 0 Å². The van der Waals surface area contributed by atoms with E-state index in [0.717, 1.165) is 72.3 Å². The first kappa shape index (κ1) is 92.9. The molecule has 126 heavy (non-hydrogen) atoms. The average molecular weight is 1810 g/mol. The van der Waals surface area contributed by atoms with Gasteiger partial charge < -0.3 is 153 Å². The van der Waals surface area contributed by atoms with Gasteiger partial charge in [0.2, 0.25) is 53.4 Å². The van der Waals surface area contributed by atoms with Crippen molar-refractivity contribution < 1.29 is 138 Å². The summed E-state index contributed by atoms with van der Waals surface area (Å²) < 4.78 is 51.2. The SMILES string of the molecule is CN[C@H](CC(C)C)C(=O)NC1C(=O)NC(CC(N)=O)C(=O)N[C@H]2C(=O)N[C@H]3C(=O)N[C@H](C(=O)NC(C(=O)O)c4cc(O)cc(O)c4-c4cc3ccc4O)[C@H](OC3C[C@](C)(N)[C@@H](O)[C@H](C)O3)c3ccc(c(Cl)c3)Oc3cc2cc(c3O[C@@H]2O[C@H](CO)[C@@H](O[C@@H]3O[C@H](CNCc4ccc(-c5ccc(Cl)cc5)nc4)[C@H](O)[C@H](O)[C@H]3O)[C@H](O)[C@H]2O)Oc2ccc(cc2Cl)[C@H]1O. The molecule has 0 spiro atoms. The molecule has 7 amide bonds. The number of nitrogens with two attached hydrogens (primary N) is 2. The largest absolute Gasteiger partial charge is 0.508 e. The Hall–Kier alpha value is -10.7. The van der Waals surface area contributed by atoms with Crippen LogP contribution in [0.1, 0.15) is 111 Å². The van der Waals surface area contributed by atoms with Gasteiger partial charge in [0.15, 0.2) is 30.1 Å². The summed E-state index contributed by atoms with van der Waals surface area (Å²) >= 11 is 20.6. The first-order valence-corrected chi connectivity index (χ1v) is 41.0. The van der Waals surface area contributed by atoms with Gasteiger partial charge in [-0.05, 0) is 134 Å². The number of carboxylic acid groups (broad SMARTS) is 1. The number of carbonyl (C=O) groups is 8. The molecule has 23 atom stereocenters. The van der Waals surface area contributed by atoms with E-state index in [0.29, 0.717) is 16.3 Å². The van der Waals surface area contributed by atoms with E-state index in [4.69, 9.17) is 84.2 Å². The smallest absolute Gasteiger partial charge is 0.330 e. The molecule has 3 fully saturated rings. The van der Waals surface area contributed by atoms with Crippen molar-refractivity contribution in [2.75, 3.05) is 20.2 Å². The number of hydrogen-bond donors (Lipinski definition) is 22. The number of aromatic nitrogens is 1. The van der Waals surface area contributed by atoms with E-state index in [2.05, 4.69) is 47.5 Å². The highest BCUT2D eigenvalue weighted by Gasteiger charge is 2.53. The number of pyridine rings is 1. The predicted molar refractivity (Wildman–Crippen MR) is 441 cm³/mol. The molecular formula is C84H94Cl3N11O28. The standard InChI is InChI=1S/C84H94Cl3N11O28/c1-32(2)18-47(90-5)75(111)97-63-65(104)37-10-16-51(44(86)20-37)120-53-22-39-23-54(72(53)125-83-70(109)68(107)73(56(31-99)123-83)126-82-69(108)67(106)66(105)55(122-82)30-91-28-34-6-14-46(92-29-34)35-7-12-40(85)13-8-35)121-52-17-11-38(21-45(52)87)71(124-58-27-84(4,89)74(110)33(3)119-58)64-80(116)96-62(81(117)118)43-24-41(100)25-50(102)59(43)42-19-36(9-15-49(42)101)60(77(113)98-64)95-78(114)61(39)94-76(112)48(26-57(88)103)93-79(63)115/h6-17,19-25,29,32-33,47-48,55-56,58,60-71,73-74,82-83,90-91,99-102,104-110H,18,26-28,30-31,89H2,1-5H3,(H2,88,103)(H,93,115)(H,94,112)(H,95,114)(H,96,116)(H,97,111)(H,98,113)(H,117,118)/t33-,47+,48?,55+,56+,58?,60+,61+,62?,63?,64-,65+,66-,67-,68+,69+,70+,71+,73+,74-,82-,83-,84-/m0/s1. The van der Waals surface area contributed by atoms with Gasteiger partial charge in [0, 0.05) is 64.6 Å². The maximum absolute atomic E-state index is 16.4. The molecular weight excluding hydrogens is 1720 g/mol. The van der Waals surface area contributed by atoms with Crippen LogP contribution in [0.3, 0.4) is 0 Å². The highest BCUT2D eigenvalue weighted by Crippen LogP contribution is 2.50. The maximum atomic E-state index is 16.4. The fraction of sp³-hybridized carbons (Fsp3) is 0.417. The molecule has 3 saturated heterocycles. The van der Waals surface area contributed by atoms with Crippen molar-refractivity contribution in [1.82, 2.24) is 47.5 Å². The molecule has 4 unspecified atom stereocenters. The molecule has 6 aromatic carbocycles. The maximum Gasteiger partial charge on any atom is 0.330 e. The summed E-state index contributed by atoms with van der Waals surface area (Å²) in [4.78, 5) is 125. The van der Waals surface area contributed by atoms with E-state index in [9.17, 15) is 75.7 Å². The zero-order valence-corrected chi connectivity index (χ0v) is 70.0. The van der Waals surface area contributed by atoms with E-state index >= 15 is 24.0 Å². The van der Waals surface area contributed by atoms with Crippen LogP contribution < -0.4 is 68.2 Å². The number of rotatable bonds is 20. The summed E-state index contributed by atoms with van der Waals surface area (Å²) in [6, 6.07) is 9.56. The van der Waals surface area contributed by atoms with Gasteiger partial charge in [0.05, 0.1) is 47.0 Å². The second-order valence-electron chi connectivity index (χ2n) is 32.0. The van der Waals surface area contributed by atoms with Gasteiger partial charge in [0.25, 0.3) is 0 Å². The lowest BCUT2D eigenvalue weighted by Gasteiger charge is -2.46. The number of phenolic OH excluding ortho intramolecular Hbond substituents is 3. The molecule has 24 N–H and O–H groups in total. The predicted octanol–water partition coefficient (Wildman–Crippen LogP) is 1.44. The third-order valence-corrected chi connectivity index (χ3v) is 23.2. The van der Waals surface area contributed by atoms with Crippen molar-refractivity contribution in [1.29, 1.82) is 0 Å². The molecule has 7 aromatic rings. The van der Waals surface area contributed by atoms with Crippen molar-refractivity contribution in [2.45, 2.75) is 193 Å². The number of amides is 7. The van der Waals surface area contributed by atoms with E-state index in [1.54, 1.807) is 56.4 Å². The summed E-state index contributed by atoms with van der Waals surface area (Å²) in [5.41, 5.74) is 10.1. The van der Waals surface area contributed by atoms with Gasteiger partial charge in [-0.3, -0.25) is 38.5 Å². The number of benzene rings is 6. The highest BCUT2D eigenvalue weighted by molar-refractivity contribution is 6.32. The molecule has 0 saturated carbocycles. The fourth-order valence-electron chi connectivity index (χ4n) is 15.7. The number of phenols is 3. The van der Waals surface area contributed by atoms with Gasteiger partial charge in [-0.15, -0.1) is 0 Å². The zero-order chi connectivity index (χ0) is 90.9. The number of aromatic hydroxyl groups is 3. The summed E-state index contributed by atoms with van der Waals surface area (Å²) in [6.07, 6.45) is -27.6. The average Bonchev–Trinajstić information content (AvgIpc) is 0.761. The number of aliphatic carboxylic acids is 1. The van der Waals surface area contributed by atoms with Crippen LogP contribution >= 0.6 is 34.8 Å². The number of aliphatic hydroxyl groups excluding tert-OH is 8. The first-order chi connectivity index (χ1) is 59.8. The second-order valence-corrected chi connectivity index (χ2v) is 33.3. The zero-order valence-electron chi connectivity index (χ0n) is 67.7. The van der Waals surface area contributed by atoms with Gasteiger partial charge in [-0.2, -0.15) is 0 Å². The minimum Gasteiger partial charge on any atom is -0.508 e. The van der Waals surface area contributed by atoms with Crippen LogP contribution in [0.5, 0.6) is 46.0 Å². The van der Waals surface area contributed by atoms with Crippen LogP contribution in [0.4, 0.5) is 0 Å². The summed E-state index contributed by atoms with van der Waals surface area (Å²) in [7, 11) is 1.46. The Bertz CT molecular complexity index is 5260. The Morgan fingerprint density at radius 3 is 1.92 bits per heavy atom. The molecule has 0 radical (unpaired) electrons. The minimum absolute atomic E-state index is 0.131. The van der Waals surface area contributed by atoms with Crippen LogP contribution in [0, 0.1) is 5.92 Å². The summed E-state index contributed by atoms with van der Waals surface area (Å²) in [5, 5.41) is 160. The number of carbonyl (C=O) groups excluding carboxylic acids is 7. The van der Waals surface area contributed by atoms with Crippen LogP contribution in [-0.2, 0) is 68.6 Å². The number of carboxylic acids is 1. The van der Waals surface area contributed by atoms with Crippen LogP contribution in [0.25, 0.3) is 22.4 Å². The normalized spacial score (nSPS) is 29.6. The number of likely N-dealkylation sites (N-methyl/N-ethyl adjacent to an activating group) is 1. The van der Waals surface area contributed by atoms with Crippen molar-refractivity contribution in [2.24, 2.45) is 17.4 Å². The number of fused-ring (bicyclic) bond motifs is 15. The molecule has 674 valence electrons. The van der Waals surface area contributed by atoms with Crippen LogP contribution in [-0.4, -0.2) is 243 Å². The Labute approximate surface area is 732 Å². The third-order valence-electron chi connectivity index (χ3n) is 22.3. The van der Waals surface area contributed by atoms with E-state index in [1.165, 1.54) is 33.0 Å². The van der Waals surface area contributed by atoms with Crippen LogP contribution in [0.15, 0.2) is 121 Å². The third kappa shape index (κ3) is 20.3. The van der Waals surface area contributed by atoms with Crippen molar-refractivity contribution in [3.05, 3.63) is 170 Å². The Balaban J connectivity index is 0.962. The molecule has 0 aliphatic carbocycles. The van der Waals surface area contributed by atoms with Crippen molar-refractivity contribution in [3.63, 3.8) is 0 Å².